The van der Waals surface area contributed by atoms with Gasteiger partial charge in [0, 0.05) is 11.3 Å². The molecule has 3 aromatic rings. The number of nitrogens with two attached hydrogens (primary N) is 1. The SMILES string of the molecule is Cc1cccc2nc(-c3ccc(F)cc3Cl)c(N)n12. The number of rotatable bonds is 1. The average Bonchev–Trinajstić information content (AvgIpc) is 2.68. The quantitative estimate of drug-likeness (QED) is 0.736. The summed E-state index contributed by atoms with van der Waals surface area (Å²) in [5, 5.41) is 0.299. The highest BCUT2D eigenvalue weighted by atomic mass is 35.5. The molecule has 2 N–H and O–H groups in total. The van der Waals surface area contributed by atoms with Crippen LogP contribution in [0.3, 0.4) is 0 Å². The van der Waals surface area contributed by atoms with Gasteiger partial charge in [-0.25, -0.2) is 9.37 Å². The van der Waals surface area contributed by atoms with Gasteiger partial charge in [0.05, 0.1) is 5.02 Å². The Morgan fingerprint density at radius 1 is 1.26 bits per heavy atom. The minimum absolute atomic E-state index is 0.299. The van der Waals surface area contributed by atoms with E-state index in [4.69, 9.17) is 17.3 Å². The first kappa shape index (κ1) is 12.0. The second-order valence-corrected chi connectivity index (χ2v) is 4.74. The number of hydrogen-bond acceptors (Lipinski definition) is 2. The Hall–Kier alpha value is -2.07. The summed E-state index contributed by atoms with van der Waals surface area (Å²) in [6.45, 7) is 1.95. The monoisotopic (exact) mass is 275 g/mol. The maximum absolute atomic E-state index is 13.1. The number of halogens is 2. The molecule has 0 aliphatic rings. The molecule has 0 saturated heterocycles. The molecule has 0 saturated carbocycles. The van der Waals surface area contributed by atoms with Crippen molar-refractivity contribution >= 4 is 23.1 Å². The van der Waals surface area contributed by atoms with Crippen LogP contribution in [-0.2, 0) is 0 Å². The summed E-state index contributed by atoms with van der Waals surface area (Å²) in [6, 6.07) is 9.91. The lowest BCUT2D eigenvalue weighted by Gasteiger charge is -2.03. The van der Waals surface area contributed by atoms with Gasteiger partial charge in [0.15, 0.2) is 0 Å². The number of pyridine rings is 1. The minimum Gasteiger partial charge on any atom is -0.383 e. The standard InChI is InChI=1S/C14H11ClFN3/c1-8-3-2-4-12-18-13(14(17)19(8)12)10-6-5-9(16)7-11(10)15/h2-7H,17H2,1H3. The Balaban J connectivity index is 2.31. The zero-order valence-electron chi connectivity index (χ0n) is 10.2. The molecule has 0 bridgehead atoms. The van der Waals surface area contributed by atoms with Crippen LogP contribution in [0.2, 0.25) is 5.02 Å². The molecule has 0 amide bonds. The molecule has 0 aliphatic heterocycles. The van der Waals surface area contributed by atoms with Crippen LogP contribution in [0.4, 0.5) is 10.2 Å². The number of imidazole rings is 1. The van der Waals surface area contributed by atoms with Crippen LogP contribution < -0.4 is 5.73 Å². The van der Waals surface area contributed by atoms with Gasteiger partial charge < -0.3 is 5.73 Å². The summed E-state index contributed by atoms with van der Waals surface area (Å²) in [5.41, 5.74) is 9.05. The lowest BCUT2D eigenvalue weighted by atomic mass is 10.1. The third-order valence-corrected chi connectivity index (χ3v) is 3.37. The van der Waals surface area contributed by atoms with E-state index in [0.717, 1.165) is 11.3 Å². The van der Waals surface area contributed by atoms with Crippen LogP contribution in [0.15, 0.2) is 36.4 Å². The van der Waals surface area contributed by atoms with E-state index in [1.54, 1.807) is 6.07 Å². The summed E-state index contributed by atoms with van der Waals surface area (Å²) in [4.78, 5) is 4.46. The summed E-state index contributed by atoms with van der Waals surface area (Å²) in [7, 11) is 0. The van der Waals surface area contributed by atoms with E-state index < -0.39 is 0 Å². The Bertz CT molecular complexity index is 780. The number of benzene rings is 1. The topological polar surface area (TPSA) is 43.3 Å². The van der Waals surface area contributed by atoms with Gasteiger partial charge in [0.25, 0.3) is 0 Å². The van der Waals surface area contributed by atoms with Gasteiger partial charge in [-0.05, 0) is 37.3 Å². The number of aryl methyl sites for hydroxylation is 1. The van der Waals surface area contributed by atoms with E-state index in [2.05, 4.69) is 4.98 Å². The lowest BCUT2D eigenvalue weighted by Crippen LogP contribution is -1.97. The van der Waals surface area contributed by atoms with Gasteiger partial charge in [-0.1, -0.05) is 17.7 Å². The molecular formula is C14H11ClFN3. The van der Waals surface area contributed by atoms with Crippen molar-refractivity contribution in [2.75, 3.05) is 5.73 Å². The van der Waals surface area contributed by atoms with Crippen molar-refractivity contribution in [3.63, 3.8) is 0 Å². The van der Waals surface area contributed by atoms with Gasteiger partial charge in [-0.2, -0.15) is 0 Å². The van der Waals surface area contributed by atoms with E-state index >= 15 is 0 Å². The van der Waals surface area contributed by atoms with Crippen molar-refractivity contribution in [1.82, 2.24) is 9.38 Å². The molecular weight excluding hydrogens is 265 g/mol. The van der Waals surface area contributed by atoms with Crippen molar-refractivity contribution in [2.24, 2.45) is 0 Å². The summed E-state index contributed by atoms with van der Waals surface area (Å²) >= 11 is 6.06. The molecule has 96 valence electrons. The molecule has 19 heavy (non-hydrogen) atoms. The summed E-state index contributed by atoms with van der Waals surface area (Å²) in [6.07, 6.45) is 0. The molecule has 0 fully saturated rings. The molecule has 5 heteroatoms. The van der Waals surface area contributed by atoms with Crippen molar-refractivity contribution < 1.29 is 4.39 Å². The molecule has 0 aliphatic carbocycles. The van der Waals surface area contributed by atoms with Crippen LogP contribution in [0, 0.1) is 12.7 Å². The molecule has 3 nitrogen and oxygen atoms in total. The maximum atomic E-state index is 13.1. The number of hydrogen-bond donors (Lipinski definition) is 1. The number of nitrogen functional groups attached to an aromatic ring is 1. The van der Waals surface area contributed by atoms with Gasteiger partial charge in [0.2, 0.25) is 0 Å². The highest BCUT2D eigenvalue weighted by molar-refractivity contribution is 6.33. The second-order valence-electron chi connectivity index (χ2n) is 4.33. The van der Waals surface area contributed by atoms with E-state index in [-0.39, 0.29) is 5.82 Å². The molecule has 0 radical (unpaired) electrons. The number of aromatic nitrogens is 2. The predicted molar refractivity (Wildman–Crippen MR) is 74.7 cm³/mol. The summed E-state index contributed by atoms with van der Waals surface area (Å²) in [5.74, 6) is 0.119. The van der Waals surface area contributed by atoms with E-state index in [9.17, 15) is 4.39 Å². The number of nitrogens with zero attached hydrogens (tertiary/aromatic N) is 2. The normalized spacial score (nSPS) is 11.1. The van der Waals surface area contributed by atoms with Crippen LogP contribution in [0.1, 0.15) is 5.69 Å². The Morgan fingerprint density at radius 3 is 2.74 bits per heavy atom. The zero-order chi connectivity index (χ0) is 13.6. The van der Waals surface area contributed by atoms with E-state index in [1.165, 1.54) is 12.1 Å². The molecule has 0 spiro atoms. The Morgan fingerprint density at radius 2 is 2.05 bits per heavy atom. The zero-order valence-corrected chi connectivity index (χ0v) is 10.9. The van der Waals surface area contributed by atoms with E-state index in [0.29, 0.717) is 22.1 Å². The fourth-order valence-corrected chi connectivity index (χ4v) is 2.42. The average molecular weight is 276 g/mol. The smallest absolute Gasteiger partial charge is 0.139 e. The van der Waals surface area contributed by atoms with Crippen molar-refractivity contribution in [3.05, 3.63) is 52.9 Å². The first-order valence-corrected chi connectivity index (χ1v) is 6.14. The first-order chi connectivity index (χ1) is 9.08. The fourth-order valence-electron chi connectivity index (χ4n) is 2.16. The Kier molecular flexibility index (Phi) is 2.68. The van der Waals surface area contributed by atoms with Gasteiger partial charge >= 0.3 is 0 Å². The highest BCUT2D eigenvalue weighted by Gasteiger charge is 2.15. The summed E-state index contributed by atoms with van der Waals surface area (Å²) < 4.78 is 14.9. The molecule has 0 atom stereocenters. The van der Waals surface area contributed by atoms with E-state index in [1.807, 2.05) is 29.5 Å². The molecule has 2 heterocycles. The highest BCUT2D eigenvalue weighted by Crippen LogP contribution is 2.32. The number of fused-ring (bicyclic) bond motifs is 1. The minimum atomic E-state index is -0.382. The van der Waals surface area contributed by atoms with Gasteiger partial charge in [-0.3, -0.25) is 4.40 Å². The van der Waals surface area contributed by atoms with Crippen LogP contribution in [0.25, 0.3) is 16.9 Å². The van der Waals surface area contributed by atoms with Crippen LogP contribution in [-0.4, -0.2) is 9.38 Å². The number of anilines is 1. The Labute approximate surface area is 114 Å². The van der Waals surface area contributed by atoms with Crippen molar-refractivity contribution in [1.29, 1.82) is 0 Å². The first-order valence-electron chi connectivity index (χ1n) is 5.77. The van der Waals surface area contributed by atoms with Crippen molar-refractivity contribution in [3.8, 4) is 11.3 Å². The molecule has 0 unspecified atom stereocenters. The fraction of sp³-hybridized carbons (Fsp3) is 0.0714. The van der Waals surface area contributed by atoms with Gasteiger partial charge in [0.1, 0.15) is 23.0 Å². The molecule has 3 rings (SSSR count). The molecule has 2 aromatic heterocycles. The third-order valence-electron chi connectivity index (χ3n) is 3.06. The lowest BCUT2D eigenvalue weighted by molar-refractivity contribution is 0.628. The predicted octanol–water partition coefficient (Wildman–Crippen LogP) is 3.68. The van der Waals surface area contributed by atoms with Crippen LogP contribution in [0.5, 0.6) is 0 Å². The second kappa shape index (κ2) is 4.24. The van der Waals surface area contributed by atoms with Crippen LogP contribution >= 0.6 is 11.6 Å². The largest absolute Gasteiger partial charge is 0.383 e. The van der Waals surface area contributed by atoms with Crippen molar-refractivity contribution in [2.45, 2.75) is 6.92 Å². The maximum Gasteiger partial charge on any atom is 0.139 e. The molecule has 1 aromatic carbocycles. The third kappa shape index (κ3) is 1.85. The van der Waals surface area contributed by atoms with Gasteiger partial charge in [-0.15, -0.1) is 0 Å².